The predicted molar refractivity (Wildman–Crippen MR) is 88.9 cm³/mol. The molecule has 0 spiro atoms. The van der Waals surface area contributed by atoms with Gasteiger partial charge in [0.05, 0.1) is 11.3 Å². The van der Waals surface area contributed by atoms with Gasteiger partial charge < -0.3 is 9.64 Å². The lowest BCUT2D eigenvalue weighted by Gasteiger charge is -2.23. The van der Waals surface area contributed by atoms with Crippen LogP contribution in [0.15, 0.2) is 24.7 Å². The quantitative estimate of drug-likeness (QED) is 0.865. The number of hydrogen-bond acceptors (Lipinski definition) is 5. The standard InChI is InChI=1S/C18H22N4O/c1-4-18-8-14(18)9-22(10-18)16-12(2)17(21-11-20-16)23-15-6-5-7-19-13(15)3/h5-7,11,14H,4,8-10H2,1-3H3. The van der Waals surface area contributed by atoms with Crippen LogP contribution in [0.25, 0.3) is 0 Å². The van der Waals surface area contributed by atoms with E-state index in [4.69, 9.17) is 4.74 Å². The summed E-state index contributed by atoms with van der Waals surface area (Å²) in [4.78, 5) is 15.5. The van der Waals surface area contributed by atoms with Crippen LogP contribution in [0.3, 0.4) is 0 Å². The molecule has 23 heavy (non-hydrogen) atoms. The van der Waals surface area contributed by atoms with Crippen LogP contribution < -0.4 is 9.64 Å². The predicted octanol–water partition coefficient (Wildman–Crippen LogP) is 3.52. The van der Waals surface area contributed by atoms with Crippen molar-refractivity contribution in [3.05, 3.63) is 35.9 Å². The van der Waals surface area contributed by atoms with E-state index in [1.165, 1.54) is 12.8 Å². The molecule has 0 aromatic carbocycles. The van der Waals surface area contributed by atoms with E-state index in [-0.39, 0.29) is 0 Å². The Bertz CT molecular complexity index is 744. The van der Waals surface area contributed by atoms with Crippen LogP contribution in [-0.2, 0) is 0 Å². The lowest BCUT2D eigenvalue weighted by molar-refractivity contribution is 0.450. The third kappa shape index (κ3) is 2.35. The van der Waals surface area contributed by atoms with E-state index in [1.54, 1.807) is 12.5 Å². The molecule has 1 aliphatic carbocycles. The molecule has 0 radical (unpaired) electrons. The molecule has 0 bridgehead atoms. The number of anilines is 1. The first-order valence-electron chi connectivity index (χ1n) is 8.29. The summed E-state index contributed by atoms with van der Waals surface area (Å²) in [6.45, 7) is 8.50. The summed E-state index contributed by atoms with van der Waals surface area (Å²) >= 11 is 0. The first-order valence-corrected chi connectivity index (χ1v) is 8.29. The normalized spacial score (nSPS) is 25.3. The molecule has 2 aliphatic rings. The van der Waals surface area contributed by atoms with Crippen LogP contribution in [0, 0.1) is 25.2 Å². The molecule has 120 valence electrons. The summed E-state index contributed by atoms with van der Waals surface area (Å²) in [6, 6.07) is 3.79. The summed E-state index contributed by atoms with van der Waals surface area (Å²) in [5.41, 5.74) is 2.40. The van der Waals surface area contributed by atoms with Crippen molar-refractivity contribution in [1.82, 2.24) is 15.0 Å². The van der Waals surface area contributed by atoms with E-state index in [1.807, 2.05) is 26.0 Å². The van der Waals surface area contributed by atoms with Crippen molar-refractivity contribution in [3.63, 3.8) is 0 Å². The van der Waals surface area contributed by atoms with Crippen LogP contribution in [0.2, 0.25) is 0 Å². The van der Waals surface area contributed by atoms with E-state index >= 15 is 0 Å². The summed E-state index contributed by atoms with van der Waals surface area (Å²) in [6.07, 6.45) is 6.01. The molecule has 0 amide bonds. The van der Waals surface area contributed by atoms with E-state index < -0.39 is 0 Å². The Kier molecular flexibility index (Phi) is 3.25. The molecule has 1 saturated heterocycles. The molecule has 1 aliphatic heterocycles. The highest BCUT2D eigenvalue weighted by molar-refractivity contribution is 5.53. The molecular weight excluding hydrogens is 288 g/mol. The summed E-state index contributed by atoms with van der Waals surface area (Å²) in [5, 5.41) is 0. The minimum Gasteiger partial charge on any atom is -0.437 e. The summed E-state index contributed by atoms with van der Waals surface area (Å²) in [7, 11) is 0. The van der Waals surface area contributed by atoms with Gasteiger partial charge in [-0.2, -0.15) is 0 Å². The van der Waals surface area contributed by atoms with E-state index in [0.29, 0.717) is 11.3 Å². The lowest BCUT2D eigenvalue weighted by Crippen LogP contribution is -2.26. The monoisotopic (exact) mass is 310 g/mol. The number of pyridine rings is 1. The number of hydrogen-bond donors (Lipinski definition) is 0. The molecule has 2 aromatic heterocycles. The van der Waals surface area contributed by atoms with Crippen LogP contribution >= 0.6 is 0 Å². The van der Waals surface area contributed by atoms with Gasteiger partial charge in [-0.15, -0.1) is 0 Å². The van der Waals surface area contributed by atoms with E-state index in [9.17, 15) is 0 Å². The molecule has 4 rings (SSSR count). The van der Waals surface area contributed by atoms with E-state index in [2.05, 4.69) is 26.8 Å². The maximum Gasteiger partial charge on any atom is 0.227 e. The van der Waals surface area contributed by atoms with Gasteiger partial charge in [-0.3, -0.25) is 4.98 Å². The largest absolute Gasteiger partial charge is 0.437 e. The minimum atomic E-state index is 0.540. The Labute approximate surface area is 136 Å². The van der Waals surface area contributed by atoms with Crippen molar-refractivity contribution in [3.8, 4) is 11.6 Å². The Morgan fingerprint density at radius 2 is 2.17 bits per heavy atom. The molecule has 1 saturated carbocycles. The first-order chi connectivity index (χ1) is 11.1. The van der Waals surface area contributed by atoms with Crippen molar-refractivity contribution in [2.75, 3.05) is 18.0 Å². The molecule has 2 fully saturated rings. The highest BCUT2D eigenvalue weighted by Crippen LogP contribution is 2.60. The Morgan fingerprint density at radius 1 is 1.30 bits per heavy atom. The molecule has 5 heteroatoms. The van der Waals surface area contributed by atoms with Gasteiger partial charge in [-0.1, -0.05) is 6.92 Å². The van der Waals surface area contributed by atoms with Gasteiger partial charge in [0.1, 0.15) is 12.1 Å². The zero-order valence-corrected chi connectivity index (χ0v) is 13.9. The average molecular weight is 310 g/mol. The van der Waals surface area contributed by atoms with Crippen LogP contribution in [0.1, 0.15) is 31.0 Å². The third-order valence-electron chi connectivity index (χ3n) is 5.49. The van der Waals surface area contributed by atoms with Crippen molar-refractivity contribution in [1.29, 1.82) is 0 Å². The highest BCUT2D eigenvalue weighted by atomic mass is 16.5. The van der Waals surface area contributed by atoms with Crippen LogP contribution in [0.4, 0.5) is 5.82 Å². The number of piperidine rings is 1. The second kappa shape index (κ2) is 5.18. The number of ether oxygens (including phenoxy) is 1. The maximum absolute atomic E-state index is 5.99. The van der Waals surface area contributed by atoms with E-state index in [0.717, 1.165) is 41.8 Å². The number of aryl methyl sites for hydroxylation is 1. The fourth-order valence-corrected chi connectivity index (χ4v) is 3.83. The van der Waals surface area contributed by atoms with Crippen molar-refractivity contribution in [2.45, 2.75) is 33.6 Å². The first kappa shape index (κ1) is 14.4. The van der Waals surface area contributed by atoms with Gasteiger partial charge in [-0.05, 0) is 50.2 Å². The molecule has 3 heterocycles. The Balaban J connectivity index is 1.60. The molecular formula is C18H22N4O. The van der Waals surface area contributed by atoms with Gasteiger partial charge in [0, 0.05) is 19.3 Å². The highest BCUT2D eigenvalue weighted by Gasteiger charge is 2.58. The van der Waals surface area contributed by atoms with Crippen molar-refractivity contribution >= 4 is 5.82 Å². The van der Waals surface area contributed by atoms with Crippen molar-refractivity contribution in [2.24, 2.45) is 11.3 Å². The Morgan fingerprint density at radius 3 is 2.91 bits per heavy atom. The van der Waals surface area contributed by atoms with Crippen molar-refractivity contribution < 1.29 is 4.74 Å². The molecule has 2 aromatic rings. The smallest absolute Gasteiger partial charge is 0.227 e. The number of rotatable bonds is 4. The topological polar surface area (TPSA) is 51.1 Å². The van der Waals surface area contributed by atoms with Gasteiger partial charge in [0.15, 0.2) is 5.75 Å². The number of fused-ring (bicyclic) bond motifs is 1. The van der Waals surface area contributed by atoms with Gasteiger partial charge in [0.25, 0.3) is 0 Å². The van der Waals surface area contributed by atoms with Gasteiger partial charge >= 0.3 is 0 Å². The van der Waals surface area contributed by atoms with Gasteiger partial charge in [0.2, 0.25) is 5.88 Å². The summed E-state index contributed by atoms with van der Waals surface area (Å²) in [5.74, 6) is 3.22. The van der Waals surface area contributed by atoms with Crippen LogP contribution in [0.5, 0.6) is 11.6 Å². The SMILES string of the molecule is CCC12CC1CN(c1ncnc(Oc3cccnc3C)c1C)C2. The third-order valence-corrected chi connectivity index (χ3v) is 5.49. The molecule has 0 N–H and O–H groups in total. The Hall–Kier alpha value is -2.17. The number of aromatic nitrogens is 3. The minimum absolute atomic E-state index is 0.540. The zero-order chi connectivity index (χ0) is 16.0. The second-order valence-corrected chi connectivity index (χ2v) is 6.81. The molecule has 2 unspecified atom stereocenters. The number of nitrogens with zero attached hydrogens (tertiary/aromatic N) is 4. The fourth-order valence-electron chi connectivity index (χ4n) is 3.83. The average Bonchev–Trinajstić information content (AvgIpc) is 3.12. The second-order valence-electron chi connectivity index (χ2n) is 6.81. The van der Waals surface area contributed by atoms with Crippen LogP contribution in [-0.4, -0.2) is 28.0 Å². The molecule has 2 atom stereocenters. The van der Waals surface area contributed by atoms with Gasteiger partial charge in [-0.25, -0.2) is 9.97 Å². The zero-order valence-electron chi connectivity index (χ0n) is 13.9. The maximum atomic E-state index is 5.99. The lowest BCUT2D eigenvalue weighted by atomic mass is 10.0. The molecule has 5 nitrogen and oxygen atoms in total. The fraction of sp³-hybridized carbons (Fsp3) is 0.500. The summed E-state index contributed by atoms with van der Waals surface area (Å²) < 4.78 is 5.99.